The molecule has 2 N–H and O–H groups in total. The quantitative estimate of drug-likeness (QED) is 0.538. The Labute approximate surface area is 67.7 Å². The first-order chi connectivity index (χ1) is 5.36. The molecule has 64 valence electrons. The maximum atomic E-state index is 8.86. The molecule has 1 unspecified atom stereocenters. The molecule has 1 saturated heterocycles. The lowest BCUT2D eigenvalue weighted by Gasteiger charge is -2.31. The van der Waals surface area contributed by atoms with Gasteiger partial charge in [-0.3, -0.25) is 4.90 Å². The van der Waals surface area contributed by atoms with Crippen molar-refractivity contribution in [3.63, 3.8) is 0 Å². The zero-order valence-corrected chi connectivity index (χ0v) is 6.79. The van der Waals surface area contributed by atoms with Gasteiger partial charge >= 0.3 is 0 Å². The van der Waals surface area contributed by atoms with Gasteiger partial charge in [0, 0.05) is 32.2 Å². The second-order valence-corrected chi connectivity index (χ2v) is 2.88. The molecule has 0 radical (unpaired) electrons. The normalized spacial score (nSPS) is 26.8. The lowest BCUT2D eigenvalue weighted by Crippen LogP contribution is -2.52. The topological polar surface area (TPSA) is 35.5 Å². The fourth-order valence-electron chi connectivity index (χ4n) is 1.36. The van der Waals surface area contributed by atoms with Gasteiger partial charge in [-0.25, -0.2) is 0 Å². The molecule has 0 aromatic carbocycles. The third-order valence-corrected chi connectivity index (χ3v) is 1.95. The number of aliphatic hydroxyl groups excluding tert-OH is 1. The van der Waals surface area contributed by atoms with Crippen LogP contribution in [0.1, 0.15) is 0 Å². The molecular formula is C8H16N2O. The fraction of sp³-hybridized carbons (Fsp3) is 0.750. The number of aliphatic hydroxyl groups is 1. The van der Waals surface area contributed by atoms with Crippen LogP contribution in [-0.2, 0) is 0 Å². The maximum Gasteiger partial charge on any atom is 0.0597 e. The third-order valence-electron chi connectivity index (χ3n) is 1.95. The van der Waals surface area contributed by atoms with Crippen LogP contribution in [0.4, 0.5) is 0 Å². The molecule has 1 heterocycles. The summed E-state index contributed by atoms with van der Waals surface area (Å²) in [5.41, 5.74) is 0. The van der Waals surface area contributed by atoms with E-state index in [-0.39, 0.29) is 12.6 Å². The fourth-order valence-corrected chi connectivity index (χ4v) is 1.36. The van der Waals surface area contributed by atoms with Crippen molar-refractivity contribution < 1.29 is 5.11 Å². The molecule has 0 aliphatic carbocycles. The lowest BCUT2D eigenvalue weighted by molar-refractivity contribution is 0.158. The maximum absolute atomic E-state index is 8.86. The predicted molar refractivity (Wildman–Crippen MR) is 45.5 cm³/mol. The molecule has 11 heavy (non-hydrogen) atoms. The van der Waals surface area contributed by atoms with Gasteiger partial charge in [0.1, 0.15) is 0 Å². The summed E-state index contributed by atoms with van der Waals surface area (Å²) in [6.45, 7) is 7.80. The molecule has 3 nitrogen and oxygen atoms in total. The van der Waals surface area contributed by atoms with Crippen LogP contribution in [-0.4, -0.2) is 48.8 Å². The Morgan fingerprint density at radius 3 is 3.18 bits per heavy atom. The van der Waals surface area contributed by atoms with Crippen LogP contribution in [0, 0.1) is 0 Å². The van der Waals surface area contributed by atoms with Gasteiger partial charge in [-0.1, -0.05) is 6.08 Å². The van der Waals surface area contributed by atoms with Gasteiger partial charge in [0.05, 0.1) is 6.61 Å². The summed E-state index contributed by atoms with van der Waals surface area (Å²) in [5.74, 6) is 0. The molecule has 1 rings (SSSR count). The first-order valence-corrected chi connectivity index (χ1v) is 4.04. The van der Waals surface area contributed by atoms with Gasteiger partial charge < -0.3 is 10.4 Å². The summed E-state index contributed by atoms with van der Waals surface area (Å²) in [7, 11) is 0. The second-order valence-electron chi connectivity index (χ2n) is 2.88. The number of nitrogens with zero attached hydrogens (tertiary/aromatic N) is 1. The zero-order chi connectivity index (χ0) is 8.10. The minimum absolute atomic E-state index is 0.230. The predicted octanol–water partition coefficient (Wildman–Crippen LogP) is -0.562. The molecule has 3 heteroatoms. The van der Waals surface area contributed by atoms with Crippen LogP contribution in [0.3, 0.4) is 0 Å². The highest BCUT2D eigenvalue weighted by atomic mass is 16.3. The minimum Gasteiger partial charge on any atom is -0.395 e. The van der Waals surface area contributed by atoms with Gasteiger partial charge in [0.2, 0.25) is 0 Å². The van der Waals surface area contributed by atoms with Crippen molar-refractivity contribution in [2.45, 2.75) is 6.04 Å². The Kier molecular flexibility index (Phi) is 3.56. The summed E-state index contributed by atoms with van der Waals surface area (Å²) in [6, 6.07) is 0.253. The number of hydrogen-bond donors (Lipinski definition) is 2. The van der Waals surface area contributed by atoms with Gasteiger partial charge in [-0.2, -0.15) is 0 Å². The van der Waals surface area contributed by atoms with Gasteiger partial charge in [0.15, 0.2) is 0 Å². The van der Waals surface area contributed by atoms with Gasteiger partial charge in [-0.15, -0.1) is 6.58 Å². The van der Waals surface area contributed by atoms with Crippen molar-refractivity contribution in [1.82, 2.24) is 10.2 Å². The number of hydrogen-bond acceptors (Lipinski definition) is 3. The Morgan fingerprint density at radius 1 is 1.73 bits per heavy atom. The van der Waals surface area contributed by atoms with Crippen molar-refractivity contribution in [2.75, 3.05) is 32.8 Å². The monoisotopic (exact) mass is 156 g/mol. The zero-order valence-electron chi connectivity index (χ0n) is 6.79. The highest BCUT2D eigenvalue weighted by Gasteiger charge is 2.16. The molecule has 0 spiro atoms. The molecule has 0 bridgehead atoms. The Balaban J connectivity index is 2.27. The molecule has 1 aliphatic rings. The van der Waals surface area contributed by atoms with Crippen LogP contribution in [0.15, 0.2) is 12.7 Å². The molecule has 1 atom stereocenters. The van der Waals surface area contributed by atoms with Crippen molar-refractivity contribution >= 4 is 0 Å². The lowest BCUT2D eigenvalue weighted by atomic mass is 10.2. The Morgan fingerprint density at radius 2 is 2.55 bits per heavy atom. The number of nitrogens with one attached hydrogen (secondary N) is 1. The molecule has 0 aromatic rings. The SMILES string of the molecule is C=CCN1CCNC(CO)C1. The van der Waals surface area contributed by atoms with Crippen molar-refractivity contribution in [3.05, 3.63) is 12.7 Å². The summed E-state index contributed by atoms with van der Waals surface area (Å²) >= 11 is 0. The summed E-state index contributed by atoms with van der Waals surface area (Å²) in [6.07, 6.45) is 1.90. The summed E-state index contributed by atoms with van der Waals surface area (Å²) < 4.78 is 0. The van der Waals surface area contributed by atoms with E-state index in [0.29, 0.717) is 0 Å². The number of rotatable bonds is 3. The highest BCUT2D eigenvalue weighted by molar-refractivity contribution is 4.82. The smallest absolute Gasteiger partial charge is 0.0597 e. The molecule has 1 fully saturated rings. The third kappa shape index (κ3) is 2.61. The van der Waals surface area contributed by atoms with E-state index < -0.39 is 0 Å². The molecule has 0 amide bonds. The standard InChI is InChI=1S/C8H16N2O/c1-2-4-10-5-3-9-8(6-10)7-11/h2,8-9,11H,1,3-7H2. The van der Waals surface area contributed by atoms with Crippen molar-refractivity contribution in [2.24, 2.45) is 0 Å². The Bertz CT molecular complexity index is 127. The van der Waals surface area contributed by atoms with Gasteiger partial charge in [0.25, 0.3) is 0 Å². The second kappa shape index (κ2) is 4.49. The highest BCUT2D eigenvalue weighted by Crippen LogP contribution is 1.97. The van der Waals surface area contributed by atoms with Crippen LogP contribution in [0.5, 0.6) is 0 Å². The van der Waals surface area contributed by atoms with Crippen LogP contribution in [0.25, 0.3) is 0 Å². The first kappa shape index (κ1) is 8.71. The van der Waals surface area contributed by atoms with Crippen molar-refractivity contribution in [1.29, 1.82) is 0 Å². The first-order valence-electron chi connectivity index (χ1n) is 4.04. The molecule has 1 aliphatic heterocycles. The molecule has 0 saturated carbocycles. The van der Waals surface area contributed by atoms with E-state index in [1.807, 2.05) is 6.08 Å². The average Bonchev–Trinajstić information content (AvgIpc) is 2.06. The summed E-state index contributed by atoms with van der Waals surface area (Å²) in [4.78, 5) is 2.28. The number of piperazine rings is 1. The summed E-state index contributed by atoms with van der Waals surface area (Å²) in [5, 5.41) is 12.1. The largest absolute Gasteiger partial charge is 0.395 e. The van der Waals surface area contributed by atoms with Crippen molar-refractivity contribution in [3.8, 4) is 0 Å². The van der Waals surface area contributed by atoms with Crippen LogP contribution in [0.2, 0.25) is 0 Å². The van der Waals surface area contributed by atoms with E-state index >= 15 is 0 Å². The van der Waals surface area contributed by atoms with E-state index in [1.165, 1.54) is 0 Å². The van der Waals surface area contributed by atoms with Crippen LogP contribution >= 0.6 is 0 Å². The van der Waals surface area contributed by atoms with Crippen LogP contribution < -0.4 is 5.32 Å². The Hall–Kier alpha value is -0.380. The van der Waals surface area contributed by atoms with E-state index in [0.717, 1.165) is 26.2 Å². The van der Waals surface area contributed by atoms with E-state index in [1.54, 1.807) is 0 Å². The average molecular weight is 156 g/mol. The van der Waals surface area contributed by atoms with E-state index in [4.69, 9.17) is 5.11 Å². The molecule has 0 aromatic heterocycles. The molecular weight excluding hydrogens is 140 g/mol. The van der Waals surface area contributed by atoms with E-state index in [9.17, 15) is 0 Å². The van der Waals surface area contributed by atoms with E-state index in [2.05, 4.69) is 16.8 Å². The minimum atomic E-state index is 0.230. The van der Waals surface area contributed by atoms with Gasteiger partial charge in [-0.05, 0) is 0 Å².